The van der Waals surface area contributed by atoms with Crippen LogP contribution in [0.25, 0.3) is 0 Å². The Bertz CT molecular complexity index is 644. The Balaban J connectivity index is 1.79. The molecule has 0 fully saturated rings. The van der Waals surface area contributed by atoms with Gasteiger partial charge in [0.1, 0.15) is 5.75 Å². The van der Waals surface area contributed by atoms with Gasteiger partial charge in [-0.2, -0.15) is 0 Å². The predicted molar refractivity (Wildman–Crippen MR) is 79.2 cm³/mol. The van der Waals surface area contributed by atoms with Gasteiger partial charge in [0.15, 0.2) is 0 Å². The predicted octanol–water partition coefficient (Wildman–Crippen LogP) is 4.09. The van der Waals surface area contributed by atoms with Crippen molar-refractivity contribution in [3.63, 3.8) is 0 Å². The second-order valence-electron chi connectivity index (χ2n) is 5.40. The molecule has 2 aromatic rings. The Morgan fingerprint density at radius 3 is 2.60 bits per heavy atom. The quantitative estimate of drug-likeness (QED) is 0.604. The average molecular weight is 266 g/mol. The highest BCUT2D eigenvalue weighted by molar-refractivity contribution is 5.91. The van der Waals surface area contributed by atoms with Crippen molar-refractivity contribution in [1.82, 2.24) is 0 Å². The van der Waals surface area contributed by atoms with Crippen LogP contribution in [-0.4, -0.2) is 5.97 Å². The fourth-order valence-corrected chi connectivity index (χ4v) is 2.71. The maximum absolute atomic E-state index is 12.1. The molecule has 0 bridgehead atoms. The molecule has 0 N–H and O–H groups in total. The monoisotopic (exact) mass is 266 g/mol. The van der Waals surface area contributed by atoms with E-state index in [-0.39, 0.29) is 5.97 Å². The lowest BCUT2D eigenvalue weighted by Crippen LogP contribution is -2.10. The van der Waals surface area contributed by atoms with Crippen LogP contribution in [0.5, 0.6) is 5.75 Å². The van der Waals surface area contributed by atoms with E-state index in [4.69, 9.17) is 4.74 Å². The molecule has 0 unspecified atom stereocenters. The number of carbonyl (C=O) groups is 1. The van der Waals surface area contributed by atoms with Crippen molar-refractivity contribution >= 4 is 5.97 Å². The first-order valence-electron chi connectivity index (χ1n) is 7.13. The maximum Gasteiger partial charge on any atom is 0.343 e. The van der Waals surface area contributed by atoms with E-state index in [9.17, 15) is 4.79 Å². The Hall–Kier alpha value is -2.09. The van der Waals surface area contributed by atoms with Gasteiger partial charge in [-0.05, 0) is 68.0 Å². The fraction of sp³-hybridized carbons (Fsp3) is 0.278. The minimum atomic E-state index is -0.288. The summed E-state index contributed by atoms with van der Waals surface area (Å²) >= 11 is 0. The standard InChI is InChI=1S/C18H18O2/c1-13-5-4-8-16(11-13)18(19)20-17-10-9-14-6-2-3-7-15(14)12-17/h4-5,8-12H,2-3,6-7H2,1H3. The molecular weight excluding hydrogens is 248 g/mol. The van der Waals surface area contributed by atoms with Crippen LogP contribution in [0.2, 0.25) is 0 Å². The smallest absolute Gasteiger partial charge is 0.343 e. The summed E-state index contributed by atoms with van der Waals surface area (Å²) in [6, 6.07) is 13.5. The molecule has 1 aliphatic rings. The summed E-state index contributed by atoms with van der Waals surface area (Å²) in [5.41, 5.74) is 4.38. The van der Waals surface area contributed by atoms with E-state index in [0.717, 1.165) is 18.4 Å². The summed E-state index contributed by atoms with van der Waals surface area (Å²) < 4.78 is 5.48. The van der Waals surface area contributed by atoms with Gasteiger partial charge >= 0.3 is 5.97 Å². The van der Waals surface area contributed by atoms with E-state index in [1.165, 1.54) is 24.0 Å². The highest BCUT2D eigenvalue weighted by atomic mass is 16.5. The van der Waals surface area contributed by atoms with Gasteiger partial charge in [0.25, 0.3) is 0 Å². The average Bonchev–Trinajstić information content (AvgIpc) is 2.47. The summed E-state index contributed by atoms with van der Waals surface area (Å²) in [6.45, 7) is 1.97. The van der Waals surface area contributed by atoms with E-state index in [1.807, 2.05) is 37.3 Å². The van der Waals surface area contributed by atoms with Gasteiger partial charge in [0, 0.05) is 0 Å². The topological polar surface area (TPSA) is 26.3 Å². The van der Waals surface area contributed by atoms with E-state index < -0.39 is 0 Å². The zero-order valence-electron chi connectivity index (χ0n) is 11.7. The van der Waals surface area contributed by atoms with Gasteiger partial charge < -0.3 is 4.74 Å². The van der Waals surface area contributed by atoms with Crippen LogP contribution in [0.15, 0.2) is 42.5 Å². The molecule has 2 aromatic carbocycles. The summed E-state index contributed by atoms with van der Waals surface area (Å²) in [6.07, 6.45) is 4.71. The number of rotatable bonds is 2. The molecule has 0 aliphatic heterocycles. The fourth-order valence-electron chi connectivity index (χ4n) is 2.71. The zero-order chi connectivity index (χ0) is 13.9. The van der Waals surface area contributed by atoms with Crippen LogP contribution in [0.4, 0.5) is 0 Å². The lowest BCUT2D eigenvalue weighted by Gasteiger charge is -2.16. The molecule has 0 saturated heterocycles. The van der Waals surface area contributed by atoms with E-state index in [0.29, 0.717) is 11.3 Å². The number of aryl methyl sites for hydroxylation is 3. The van der Waals surface area contributed by atoms with Crippen molar-refractivity contribution in [3.05, 3.63) is 64.7 Å². The van der Waals surface area contributed by atoms with Gasteiger partial charge in [-0.3, -0.25) is 0 Å². The van der Waals surface area contributed by atoms with Crippen LogP contribution in [0.3, 0.4) is 0 Å². The Morgan fingerprint density at radius 2 is 1.80 bits per heavy atom. The molecular formula is C18H18O2. The second-order valence-corrected chi connectivity index (χ2v) is 5.40. The molecule has 3 rings (SSSR count). The molecule has 1 aliphatic carbocycles. The van der Waals surface area contributed by atoms with Crippen molar-refractivity contribution in [3.8, 4) is 5.75 Å². The molecule has 0 heterocycles. The van der Waals surface area contributed by atoms with Gasteiger partial charge in [-0.25, -0.2) is 4.79 Å². The highest BCUT2D eigenvalue weighted by Crippen LogP contribution is 2.25. The van der Waals surface area contributed by atoms with Crippen LogP contribution in [0, 0.1) is 6.92 Å². The second kappa shape index (κ2) is 5.49. The first-order valence-corrected chi connectivity index (χ1v) is 7.13. The third-order valence-electron chi connectivity index (χ3n) is 3.78. The van der Waals surface area contributed by atoms with Gasteiger partial charge in [0.05, 0.1) is 5.56 Å². The minimum Gasteiger partial charge on any atom is -0.423 e. The van der Waals surface area contributed by atoms with Crippen LogP contribution < -0.4 is 4.74 Å². The molecule has 0 saturated carbocycles. The Kier molecular flexibility index (Phi) is 3.55. The highest BCUT2D eigenvalue weighted by Gasteiger charge is 2.13. The van der Waals surface area contributed by atoms with E-state index in [2.05, 4.69) is 6.07 Å². The normalized spacial score (nSPS) is 13.7. The number of ether oxygens (including phenoxy) is 1. The molecule has 0 spiro atoms. The molecule has 0 radical (unpaired) electrons. The van der Waals surface area contributed by atoms with Crippen molar-refractivity contribution in [2.45, 2.75) is 32.6 Å². The number of esters is 1. The number of fused-ring (bicyclic) bond motifs is 1. The van der Waals surface area contributed by atoms with E-state index >= 15 is 0 Å². The van der Waals surface area contributed by atoms with Crippen LogP contribution in [0.1, 0.15) is 39.9 Å². The summed E-state index contributed by atoms with van der Waals surface area (Å²) in [5, 5.41) is 0. The number of benzene rings is 2. The molecule has 2 heteroatoms. The number of hydrogen-bond acceptors (Lipinski definition) is 2. The number of hydrogen-bond donors (Lipinski definition) is 0. The summed E-state index contributed by atoms with van der Waals surface area (Å²) in [7, 11) is 0. The molecule has 102 valence electrons. The number of carbonyl (C=O) groups excluding carboxylic acids is 1. The summed E-state index contributed by atoms with van der Waals surface area (Å²) in [5.74, 6) is 0.363. The first-order chi connectivity index (χ1) is 9.72. The maximum atomic E-state index is 12.1. The van der Waals surface area contributed by atoms with Crippen LogP contribution in [-0.2, 0) is 12.8 Å². The van der Waals surface area contributed by atoms with Crippen molar-refractivity contribution < 1.29 is 9.53 Å². The van der Waals surface area contributed by atoms with E-state index in [1.54, 1.807) is 6.07 Å². The third kappa shape index (κ3) is 2.74. The SMILES string of the molecule is Cc1cccc(C(=O)Oc2ccc3c(c2)CCCC3)c1. The van der Waals surface area contributed by atoms with Crippen LogP contribution >= 0.6 is 0 Å². The molecule has 2 nitrogen and oxygen atoms in total. The zero-order valence-corrected chi connectivity index (χ0v) is 11.7. The van der Waals surface area contributed by atoms with Gasteiger partial charge in [0.2, 0.25) is 0 Å². The third-order valence-corrected chi connectivity index (χ3v) is 3.78. The first kappa shape index (κ1) is 12.9. The van der Waals surface area contributed by atoms with Crippen molar-refractivity contribution in [2.75, 3.05) is 0 Å². The lowest BCUT2D eigenvalue weighted by atomic mass is 9.92. The summed E-state index contributed by atoms with van der Waals surface area (Å²) in [4.78, 5) is 12.1. The minimum absolute atomic E-state index is 0.288. The van der Waals surface area contributed by atoms with Crippen molar-refractivity contribution in [2.24, 2.45) is 0 Å². The van der Waals surface area contributed by atoms with Gasteiger partial charge in [-0.15, -0.1) is 0 Å². The Labute approximate surface area is 119 Å². The molecule has 20 heavy (non-hydrogen) atoms. The molecule has 0 amide bonds. The molecule has 0 atom stereocenters. The Morgan fingerprint density at radius 1 is 1.00 bits per heavy atom. The van der Waals surface area contributed by atoms with Crippen molar-refractivity contribution in [1.29, 1.82) is 0 Å². The lowest BCUT2D eigenvalue weighted by molar-refractivity contribution is 0.0734. The molecule has 0 aromatic heterocycles. The van der Waals surface area contributed by atoms with Gasteiger partial charge in [-0.1, -0.05) is 23.8 Å². The largest absolute Gasteiger partial charge is 0.423 e.